The summed E-state index contributed by atoms with van der Waals surface area (Å²) in [6.07, 6.45) is 1.19. The molecule has 0 radical (unpaired) electrons. The van der Waals surface area contributed by atoms with Crippen molar-refractivity contribution in [3.8, 4) is 11.4 Å². The van der Waals surface area contributed by atoms with Crippen molar-refractivity contribution in [3.63, 3.8) is 0 Å². The molecule has 0 aromatic carbocycles. The van der Waals surface area contributed by atoms with Crippen molar-refractivity contribution in [1.82, 2.24) is 19.9 Å². The summed E-state index contributed by atoms with van der Waals surface area (Å²) in [6, 6.07) is 3.00. The molecule has 4 nitrogen and oxygen atoms in total. The lowest BCUT2D eigenvalue weighted by atomic mass is 10.2. The van der Waals surface area contributed by atoms with Crippen molar-refractivity contribution >= 4 is 11.5 Å². The van der Waals surface area contributed by atoms with Gasteiger partial charge in [0.2, 0.25) is 0 Å². The molecular weight excluding hydrogens is 251 g/mol. The first kappa shape index (κ1) is 13.0. The number of pyridine rings is 1. The van der Waals surface area contributed by atoms with E-state index >= 15 is 0 Å². The highest BCUT2D eigenvalue weighted by atomic mass is 32.1. The number of halogens is 1. The van der Waals surface area contributed by atoms with Crippen LogP contribution in [0.15, 0.2) is 18.3 Å². The number of rotatable bonds is 5. The highest BCUT2D eigenvalue weighted by Gasteiger charge is 2.11. The van der Waals surface area contributed by atoms with E-state index in [1.165, 1.54) is 23.8 Å². The fourth-order valence-corrected chi connectivity index (χ4v) is 2.13. The van der Waals surface area contributed by atoms with Crippen LogP contribution in [-0.2, 0) is 6.54 Å². The number of hydrogen-bond donors (Lipinski definition) is 1. The number of aromatic nitrogens is 3. The van der Waals surface area contributed by atoms with Crippen LogP contribution < -0.4 is 5.32 Å². The molecule has 1 N–H and O–H groups in total. The molecule has 0 spiro atoms. The lowest BCUT2D eigenvalue weighted by Gasteiger charge is -2.06. The summed E-state index contributed by atoms with van der Waals surface area (Å²) in [4.78, 5) is 5.05. The molecule has 0 saturated heterocycles. The predicted molar refractivity (Wildman–Crippen MR) is 69.6 cm³/mol. The second-order valence-corrected chi connectivity index (χ2v) is 5.27. The Hall–Kier alpha value is -1.40. The fraction of sp³-hybridized carbons (Fsp3) is 0.417. The van der Waals surface area contributed by atoms with Crippen LogP contribution in [-0.4, -0.2) is 21.1 Å². The van der Waals surface area contributed by atoms with E-state index in [9.17, 15) is 4.39 Å². The van der Waals surface area contributed by atoms with Crippen molar-refractivity contribution in [1.29, 1.82) is 0 Å². The summed E-state index contributed by atoms with van der Waals surface area (Å²) in [7, 11) is 0. The minimum absolute atomic E-state index is 0.346. The highest BCUT2D eigenvalue weighted by Crippen LogP contribution is 2.21. The molecule has 18 heavy (non-hydrogen) atoms. The normalized spacial score (nSPS) is 11.1. The zero-order valence-electron chi connectivity index (χ0n) is 10.4. The SMILES string of the molecule is CC(C)CNCc1snnc1-c1ccc(F)cn1. The molecule has 0 aliphatic carbocycles. The van der Waals surface area contributed by atoms with Gasteiger partial charge in [0, 0.05) is 6.54 Å². The molecule has 0 atom stereocenters. The lowest BCUT2D eigenvalue weighted by Crippen LogP contribution is -2.18. The molecular formula is C12H15FN4S. The summed E-state index contributed by atoms with van der Waals surface area (Å²) in [5.74, 6) is 0.250. The van der Waals surface area contributed by atoms with Gasteiger partial charge in [-0.2, -0.15) is 0 Å². The first-order valence-corrected chi connectivity index (χ1v) is 6.58. The summed E-state index contributed by atoms with van der Waals surface area (Å²) in [5, 5.41) is 7.39. The van der Waals surface area contributed by atoms with Crippen LogP contribution in [0, 0.1) is 11.7 Å². The van der Waals surface area contributed by atoms with Crippen LogP contribution in [0.25, 0.3) is 11.4 Å². The predicted octanol–water partition coefficient (Wildman–Crippen LogP) is 2.48. The first-order valence-electron chi connectivity index (χ1n) is 5.80. The van der Waals surface area contributed by atoms with Gasteiger partial charge in [0.1, 0.15) is 11.5 Å². The highest BCUT2D eigenvalue weighted by molar-refractivity contribution is 7.05. The van der Waals surface area contributed by atoms with Gasteiger partial charge in [0.15, 0.2) is 0 Å². The average molecular weight is 266 g/mol. The molecule has 0 bridgehead atoms. The Kier molecular flexibility index (Phi) is 4.33. The van der Waals surface area contributed by atoms with Crippen LogP contribution in [0.5, 0.6) is 0 Å². The van der Waals surface area contributed by atoms with E-state index in [1.54, 1.807) is 6.07 Å². The average Bonchev–Trinajstić information content (AvgIpc) is 2.78. The van der Waals surface area contributed by atoms with Gasteiger partial charge in [-0.1, -0.05) is 18.3 Å². The van der Waals surface area contributed by atoms with Crippen molar-refractivity contribution in [2.75, 3.05) is 6.54 Å². The molecule has 6 heteroatoms. The number of hydrogen-bond acceptors (Lipinski definition) is 5. The van der Waals surface area contributed by atoms with Crippen LogP contribution in [0.1, 0.15) is 18.7 Å². The van der Waals surface area contributed by atoms with E-state index in [4.69, 9.17) is 0 Å². The fourth-order valence-electron chi connectivity index (χ4n) is 1.51. The summed E-state index contributed by atoms with van der Waals surface area (Å²) < 4.78 is 16.7. The molecule has 0 aliphatic heterocycles. The van der Waals surface area contributed by atoms with E-state index in [2.05, 4.69) is 33.7 Å². The largest absolute Gasteiger partial charge is 0.311 e. The van der Waals surface area contributed by atoms with Gasteiger partial charge in [0.25, 0.3) is 0 Å². The Labute approximate surface area is 109 Å². The maximum atomic E-state index is 12.8. The second-order valence-electron chi connectivity index (χ2n) is 4.43. The molecule has 2 aromatic rings. The van der Waals surface area contributed by atoms with Gasteiger partial charge in [-0.3, -0.25) is 4.98 Å². The molecule has 0 amide bonds. The van der Waals surface area contributed by atoms with Gasteiger partial charge in [-0.15, -0.1) is 5.10 Å². The van der Waals surface area contributed by atoms with E-state index in [0.717, 1.165) is 17.1 Å². The maximum Gasteiger partial charge on any atom is 0.141 e. The van der Waals surface area contributed by atoms with E-state index in [1.807, 2.05) is 0 Å². The third-order valence-corrected chi connectivity index (χ3v) is 3.09. The molecule has 0 unspecified atom stereocenters. The van der Waals surface area contributed by atoms with Crippen molar-refractivity contribution in [3.05, 3.63) is 29.0 Å². The minimum Gasteiger partial charge on any atom is -0.311 e. The third-order valence-electron chi connectivity index (χ3n) is 2.36. The van der Waals surface area contributed by atoms with Crippen LogP contribution in [0.3, 0.4) is 0 Å². The molecule has 0 fully saturated rings. The zero-order chi connectivity index (χ0) is 13.0. The summed E-state index contributed by atoms with van der Waals surface area (Å²) >= 11 is 1.34. The van der Waals surface area contributed by atoms with Crippen molar-refractivity contribution < 1.29 is 4.39 Å². The monoisotopic (exact) mass is 266 g/mol. The molecule has 2 aromatic heterocycles. The molecule has 2 heterocycles. The topological polar surface area (TPSA) is 50.7 Å². The molecule has 0 aliphatic rings. The Morgan fingerprint density at radius 3 is 2.89 bits per heavy atom. The number of nitrogens with zero attached hydrogens (tertiary/aromatic N) is 3. The third kappa shape index (κ3) is 3.30. The Morgan fingerprint density at radius 1 is 1.39 bits per heavy atom. The van der Waals surface area contributed by atoms with E-state index in [-0.39, 0.29) is 5.82 Å². The van der Waals surface area contributed by atoms with Gasteiger partial charge in [-0.05, 0) is 36.1 Å². The van der Waals surface area contributed by atoms with Gasteiger partial charge < -0.3 is 5.32 Å². The van der Waals surface area contributed by atoms with Crippen LogP contribution in [0.4, 0.5) is 4.39 Å². The zero-order valence-corrected chi connectivity index (χ0v) is 11.2. The van der Waals surface area contributed by atoms with E-state index in [0.29, 0.717) is 18.2 Å². The summed E-state index contributed by atoms with van der Waals surface area (Å²) in [6.45, 7) is 5.96. The molecule has 96 valence electrons. The van der Waals surface area contributed by atoms with Crippen molar-refractivity contribution in [2.45, 2.75) is 20.4 Å². The Morgan fingerprint density at radius 2 is 2.22 bits per heavy atom. The maximum absolute atomic E-state index is 12.8. The first-order chi connectivity index (χ1) is 8.66. The Bertz CT molecular complexity index is 495. The van der Waals surface area contributed by atoms with Crippen LogP contribution >= 0.6 is 11.5 Å². The van der Waals surface area contributed by atoms with Gasteiger partial charge in [-0.25, -0.2) is 4.39 Å². The summed E-state index contributed by atoms with van der Waals surface area (Å²) in [5.41, 5.74) is 1.39. The minimum atomic E-state index is -0.346. The second kappa shape index (κ2) is 5.97. The number of nitrogens with one attached hydrogen (secondary N) is 1. The smallest absolute Gasteiger partial charge is 0.141 e. The Balaban J connectivity index is 2.10. The lowest BCUT2D eigenvalue weighted by molar-refractivity contribution is 0.555. The van der Waals surface area contributed by atoms with Crippen molar-refractivity contribution in [2.24, 2.45) is 5.92 Å². The quantitative estimate of drug-likeness (QED) is 0.903. The van der Waals surface area contributed by atoms with Gasteiger partial charge >= 0.3 is 0 Å². The van der Waals surface area contributed by atoms with Crippen LogP contribution in [0.2, 0.25) is 0 Å². The van der Waals surface area contributed by atoms with Gasteiger partial charge in [0.05, 0.1) is 16.8 Å². The molecule has 2 rings (SSSR count). The molecule has 0 saturated carbocycles. The van der Waals surface area contributed by atoms with E-state index < -0.39 is 0 Å². The standard InChI is InChI=1S/C12H15FN4S/c1-8(2)5-14-7-11-12(16-17-18-11)10-4-3-9(13)6-15-10/h3-4,6,8,14H,5,7H2,1-2H3.